The molecule has 0 aromatic carbocycles. The second kappa shape index (κ2) is 16.5. The van der Waals surface area contributed by atoms with Crippen LogP contribution in [0.5, 0.6) is 0 Å². The molecule has 9 rings (SSSR count). The molecule has 4 saturated carbocycles. The van der Waals surface area contributed by atoms with Crippen LogP contribution in [0.3, 0.4) is 0 Å². The molecule has 9 fully saturated rings. The number of carbonyl (C=O) groups excluding carboxylic acids is 2. The molecule has 0 aromatic rings. The number of carbonyl (C=O) groups is 2. The number of rotatable bonds is 7. The predicted octanol–water partition coefficient (Wildman–Crippen LogP) is 1.86. The van der Waals surface area contributed by atoms with Crippen LogP contribution in [-0.4, -0.2) is 160 Å². The van der Waals surface area contributed by atoms with Gasteiger partial charge in [-0.25, -0.2) is 4.79 Å². The van der Waals surface area contributed by atoms with Gasteiger partial charge in [-0.2, -0.15) is 0 Å². The maximum Gasteiger partial charge on any atom is 0.409 e. The Kier molecular flexibility index (Phi) is 12.0. The van der Waals surface area contributed by atoms with Crippen molar-refractivity contribution in [2.45, 2.75) is 178 Å². The summed E-state index contributed by atoms with van der Waals surface area (Å²) in [5.74, 6) is 1.83. The molecule has 9 aliphatic rings. The standard InChI is InChI=1S/C44H69NO15/c1-21-9-12-44(55-19-21)22(2)31-28(60-44)16-26-25-8-7-23-15-24(10-11-42(23,3)32(25)27(47)17-43(26,31)4)56-39-37(52)35(50)38(29(18-46)57-39)59-40-36(51)34(49)33(48)30(58-40)20-54-41(53)45-13-5-6-14-45/h21-26,28-40,46,48-52H,5-20H2,1-4H3/t21-,22?,23+,24+,25+,26+,28?,29-,30-,31?,32-,33-,34+,35-,36-,37-,38-,39-,40+,42+,43+,44-/m1/s1. The Morgan fingerprint density at radius 2 is 1.55 bits per heavy atom. The van der Waals surface area contributed by atoms with Crippen molar-refractivity contribution in [3.8, 4) is 0 Å². The van der Waals surface area contributed by atoms with Gasteiger partial charge in [-0.05, 0) is 98.2 Å². The summed E-state index contributed by atoms with van der Waals surface area (Å²) < 4.78 is 42.7. The minimum absolute atomic E-state index is 0.0334. The summed E-state index contributed by atoms with van der Waals surface area (Å²) in [6.45, 7) is 9.93. The van der Waals surface area contributed by atoms with Crippen molar-refractivity contribution in [1.82, 2.24) is 4.90 Å². The number of hydrogen-bond donors (Lipinski definition) is 6. The normalized spacial score (nSPS) is 54.0. The number of fused-ring (bicyclic) bond motifs is 7. The van der Waals surface area contributed by atoms with E-state index in [1.54, 1.807) is 0 Å². The van der Waals surface area contributed by atoms with Crippen LogP contribution in [0.2, 0.25) is 0 Å². The van der Waals surface area contributed by atoms with E-state index in [0.29, 0.717) is 61.8 Å². The Hall–Kier alpha value is -1.54. The molecule has 6 N–H and O–H groups in total. The molecule has 0 aromatic heterocycles. The fourth-order valence-electron chi connectivity index (χ4n) is 14.2. The van der Waals surface area contributed by atoms with Gasteiger partial charge in [0, 0.05) is 37.8 Å². The quantitative estimate of drug-likeness (QED) is 0.201. The molecule has 340 valence electrons. The first-order valence-corrected chi connectivity index (χ1v) is 23.0. The Morgan fingerprint density at radius 3 is 2.27 bits per heavy atom. The van der Waals surface area contributed by atoms with Crippen LogP contribution in [0.4, 0.5) is 4.79 Å². The second-order valence-corrected chi connectivity index (χ2v) is 20.8. The summed E-state index contributed by atoms with van der Waals surface area (Å²) in [6, 6.07) is 0. The fraction of sp³-hybridized carbons (Fsp3) is 0.955. The third-order valence-corrected chi connectivity index (χ3v) is 17.4. The van der Waals surface area contributed by atoms with Crippen LogP contribution in [0, 0.1) is 52.3 Å². The fourth-order valence-corrected chi connectivity index (χ4v) is 14.2. The highest BCUT2D eigenvalue weighted by molar-refractivity contribution is 5.84. The van der Waals surface area contributed by atoms with Crippen molar-refractivity contribution in [3.05, 3.63) is 0 Å². The van der Waals surface area contributed by atoms with Crippen molar-refractivity contribution in [1.29, 1.82) is 0 Å². The average molecular weight is 852 g/mol. The first kappa shape index (κ1) is 43.7. The molecule has 0 bridgehead atoms. The van der Waals surface area contributed by atoms with Crippen LogP contribution >= 0.6 is 0 Å². The number of ketones is 1. The van der Waals surface area contributed by atoms with Crippen molar-refractivity contribution < 1.29 is 73.4 Å². The molecule has 3 unspecified atom stereocenters. The molecule has 5 saturated heterocycles. The van der Waals surface area contributed by atoms with Crippen LogP contribution in [0.25, 0.3) is 0 Å². The van der Waals surface area contributed by atoms with E-state index in [2.05, 4.69) is 27.7 Å². The molecule has 16 nitrogen and oxygen atoms in total. The van der Waals surface area contributed by atoms with Gasteiger partial charge in [-0.3, -0.25) is 4.79 Å². The first-order valence-electron chi connectivity index (χ1n) is 23.0. The van der Waals surface area contributed by atoms with Gasteiger partial charge in [0.05, 0.1) is 25.4 Å². The van der Waals surface area contributed by atoms with Gasteiger partial charge >= 0.3 is 6.09 Å². The average Bonchev–Trinajstić information content (AvgIpc) is 3.93. The van der Waals surface area contributed by atoms with Crippen molar-refractivity contribution in [2.75, 3.05) is 32.9 Å². The largest absolute Gasteiger partial charge is 0.447 e. The monoisotopic (exact) mass is 851 g/mol. The molecule has 1 spiro atoms. The molecule has 60 heavy (non-hydrogen) atoms. The number of Topliss-reactive ketones (excluding diaryl/α,β-unsaturated/α-hetero) is 1. The highest BCUT2D eigenvalue weighted by Crippen LogP contribution is 2.70. The minimum atomic E-state index is -1.78. The number of aliphatic hydroxyl groups is 6. The molecule has 5 heterocycles. The molecule has 16 heteroatoms. The highest BCUT2D eigenvalue weighted by Gasteiger charge is 2.71. The van der Waals surface area contributed by atoms with Gasteiger partial charge in [0.2, 0.25) is 0 Å². The zero-order valence-electron chi connectivity index (χ0n) is 35.6. The lowest BCUT2D eigenvalue weighted by Crippen LogP contribution is -2.65. The maximum atomic E-state index is 14.6. The van der Waals surface area contributed by atoms with Crippen LogP contribution in [0.1, 0.15) is 98.3 Å². The molecule has 4 aliphatic carbocycles. The number of ether oxygens (including phenoxy) is 7. The SMILES string of the molecule is CC1C2C(C[C@H]3[C@@H]4CC[C@H]5C[C@@H](O[C@@H]6O[C@H](CO)[C@@H](O[C@@H]7O[C@H](COC(=O)N8CCCC8)[C@@H](O)[C@H](O)[C@H]7O)[C@H](O)[C@H]6O)CC[C@]5(C)[C@H]4C(=O)C[C@]23C)O[C@]12CC[C@@H](C)CO2. The summed E-state index contributed by atoms with van der Waals surface area (Å²) in [6.07, 6.45) is -6.84. The van der Waals surface area contributed by atoms with E-state index < -0.39 is 86.5 Å². The lowest BCUT2D eigenvalue weighted by Gasteiger charge is -2.60. The lowest BCUT2D eigenvalue weighted by molar-refractivity contribution is -0.364. The van der Waals surface area contributed by atoms with E-state index in [4.69, 9.17) is 33.2 Å². The number of hydrogen-bond acceptors (Lipinski definition) is 15. The van der Waals surface area contributed by atoms with Crippen LogP contribution in [0.15, 0.2) is 0 Å². The van der Waals surface area contributed by atoms with Gasteiger partial charge in [0.15, 0.2) is 18.4 Å². The number of likely N-dealkylation sites (tertiary alicyclic amines) is 1. The molecular formula is C44H69NO15. The Balaban J connectivity index is 0.815. The van der Waals surface area contributed by atoms with E-state index in [0.717, 1.165) is 58.0 Å². The van der Waals surface area contributed by atoms with E-state index in [1.165, 1.54) is 4.90 Å². The molecular weight excluding hydrogens is 782 g/mol. The van der Waals surface area contributed by atoms with Gasteiger partial charge < -0.3 is 68.7 Å². The summed E-state index contributed by atoms with van der Waals surface area (Å²) in [5.41, 5.74) is -0.315. The highest BCUT2D eigenvalue weighted by atomic mass is 16.7. The smallest absolute Gasteiger partial charge is 0.409 e. The van der Waals surface area contributed by atoms with Crippen molar-refractivity contribution in [2.24, 2.45) is 52.3 Å². The lowest BCUT2D eigenvalue weighted by atomic mass is 9.44. The molecule has 22 atom stereocenters. The van der Waals surface area contributed by atoms with Crippen molar-refractivity contribution >= 4 is 11.9 Å². The summed E-state index contributed by atoms with van der Waals surface area (Å²) in [4.78, 5) is 28.5. The Labute approximate surface area is 352 Å². The minimum Gasteiger partial charge on any atom is -0.447 e. The second-order valence-electron chi connectivity index (χ2n) is 20.8. The maximum absolute atomic E-state index is 14.6. The first-order chi connectivity index (χ1) is 28.6. The molecule has 5 aliphatic heterocycles. The summed E-state index contributed by atoms with van der Waals surface area (Å²) in [7, 11) is 0. The van der Waals surface area contributed by atoms with Crippen molar-refractivity contribution in [3.63, 3.8) is 0 Å². The number of nitrogens with zero attached hydrogens (tertiary/aromatic N) is 1. The van der Waals surface area contributed by atoms with Gasteiger partial charge in [-0.15, -0.1) is 0 Å². The molecule has 0 radical (unpaired) electrons. The summed E-state index contributed by atoms with van der Waals surface area (Å²) in [5, 5.41) is 65.0. The number of aliphatic hydroxyl groups excluding tert-OH is 6. The van der Waals surface area contributed by atoms with Crippen LogP contribution < -0.4 is 0 Å². The van der Waals surface area contributed by atoms with Crippen LogP contribution in [-0.2, 0) is 38.0 Å². The van der Waals surface area contributed by atoms with E-state index in [9.17, 15) is 40.2 Å². The zero-order valence-corrected chi connectivity index (χ0v) is 35.6. The van der Waals surface area contributed by atoms with E-state index in [-0.39, 0.29) is 40.8 Å². The third kappa shape index (κ3) is 7.19. The third-order valence-electron chi connectivity index (χ3n) is 17.4. The number of amides is 1. The molecule has 1 amide bonds. The van der Waals surface area contributed by atoms with Gasteiger partial charge in [0.25, 0.3) is 0 Å². The predicted molar refractivity (Wildman–Crippen MR) is 208 cm³/mol. The zero-order chi connectivity index (χ0) is 42.5. The summed E-state index contributed by atoms with van der Waals surface area (Å²) >= 11 is 0. The van der Waals surface area contributed by atoms with Gasteiger partial charge in [0.1, 0.15) is 61.2 Å². The topological polar surface area (TPSA) is 223 Å². The van der Waals surface area contributed by atoms with E-state index in [1.807, 2.05) is 0 Å². The van der Waals surface area contributed by atoms with Gasteiger partial charge in [-0.1, -0.05) is 27.7 Å². The Bertz CT molecular complexity index is 1570. The van der Waals surface area contributed by atoms with E-state index >= 15 is 0 Å². The Morgan fingerprint density at radius 1 is 0.833 bits per heavy atom.